The largest absolute Gasteiger partial charge is 0.497 e. The van der Waals surface area contributed by atoms with Gasteiger partial charge in [0.1, 0.15) is 5.75 Å². The highest BCUT2D eigenvalue weighted by Gasteiger charge is 2.24. The number of carbonyl (C=O) groups excluding carboxylic acids is 2. The number of hydrogen-bond donors (Lipinski definition) is 1. The van der Waals surface area contributed by atoms with E-state index in [0.29, 0.717) is 62.7 Å². The molecule has 0 bridgehead atoms. The zero-order valence-corrected chi connectivity index (χ0v) is 16.5. The monoisotopic (exact) mass is 421 g/mol. The maximum atomic E-state index is 13.4. The fraction of sp³-hybridized carbons (Fsp3) is 0.333. The maximum absolute atomic E-state index is 13.4. The first-order chi connectivity index (χ1) is 14.4. The molecule has 0 unspecified atom stereocenters. The van der Waals surface area contributed by atoms with Crippen molar-refractivity contribution in [1.29, 1.82) is 0 Å². The minimum atomic E-state index is -1.59. The Labute approximate surface area is 172 Å². The lowest BCUT2D eigenvalue weighted by molar-refractivity contribution is 0.0636. The topological polar surface area (TPSA) is 61.9 Å². The average molecular weight is 421 g/mol. The summed E-state index contributed by atoms with van der Waals surface area (Å²) in [6.07, 6.45) is 0. The number of ether oxygens (including phenoxy) is 1. The number of piperazine rings is 1. The first-order valence-corrected chi connectivity index (χ1v) is 9.47. The first-order valence-electron chi connectivity index (χ1n) is 9.47. The van der Waals surface area contributed by atoms with E-state index in [4.69, 9.17) is 4.74 Å². The van der Waals surface area contributed by atoms with Crippen molar-refractivity contribution in [3.8, 4) is 5.75 Å². The van der Waals surface area contributed by atoms with E-state index in [2.05, 4.69) is 10.2 Å². The molecule has 9 heteroatoms. The molecule has 0 spiro atoms. The average Bonchev–Trinajstić information content (AvgIpc) is 2.77. The molecule has 3 rings (SSSR count). The second kappa shape index (κ2) is 9.62. The summed E-state index contributed by atoms with van der Waals surface area (Å²) < 4.78 is 44.8. The Balaban J connectivity index is 1.44. The molecule has 1 aliphatic heterocycles. The Morgan fingerprint density at radius 3 is 2.13 bits per heavy atom. The van der Waals surface area contributed by atoms with Crippen molar-refractivity contribution < 1.29 is 27.5 Å². The van der Waals surface area contributed by atoms with Crippen LogP contribution in [0.4, 0.5) is 13.2 Å². The van der Waals surface area contributed by atoms with Crippen molar-refractivity contribution in [2.24, 2.45) is 0 Å². The van der Waals surface area contributed by atoms with Crippen LogP contribution >= 0.6 is 0 Å². The summed E-state index contributed by atoms with van der Waals surface area (Å²) in [5.41, 5.74) is 0.316. The second-order valence-corrected chi connectivity index (χ2v) is 6.87. The third-order valence-electron chi connectivity index (χ3n) is 4.96. The SMILES string of the molecule is COc1ccc(C(=O)NCCN2CCN(C(=O)c3cc(F)c(F)c(F)c3)CC2)cc1. The number of nitrogens with one attached hydrogen (secondary N) is 1. The van der Waals surface area contributed by atoms with Crippen molar-refractivity contribution >= 4 is 11.8 Å². The predicted octanol–water partition coefficient (Wildman–Crippen LogP) is 2.30. The fourth-order valence-corrected chi connectivity index (χ4v) is 3.21. The Morgan fingerprint density at radius 2 is 1.57 bits per heavy atom. The normalized spacial score (nSPS) is 14.5. The minimum Gasteiger partial charge on any atom is -0.497 e. The Morgan fingerprint density at radius 1 is 0.967 bits per heavy atom. The van der Waals surface area contributed by atoms with E-state index in [1.54, 1.807) is 31.4 Å². The van der Waals surface area contributed by atoms with Crippen LogP contribution in [0.3, 0.4) is 0 Å². The van der Waals surface area contributed by atoms with Crippen molar-refractivity contribution in [2.45, 2.75) is 0 Å². The number of carbonyl (C=O) groups is 2. The molecule has 0 aliphatic carbocycles. The van der Waals surface area contributed by atoms with Gasteiger partial charge in [-0.05, 0) is 36.4 Å². The summed E-state index contributed by atoms with van der Waals surface area (Å²) in [4.78, 5) is 28.1. The zero-order chi connectivity index (χ0) is 21.7. The number of halogens is 3. The highest BCUT2D eigenvalue weighted by Crippen LogP contribution is 2.16. The Kier molecular flexibility index (Phi) is 6.94. The number of amides is 2. The molecule has 6 nitrogen and oxygen atoms in total. The highest BCUT2D eigenvalue weighted by atomic mass is 19.2. The molecule has 1 heterocycles. The van der Waals surface area contributed by atoms with Gasteiger partial charge in [0.2, 0.25) is 0 Å². The van der Waals surface area contributed by atoms with Crippen LogP contribution in [0.15, 0.2) is 36.4 Å². The molecule has 0 aromatic heterocycles. The molecule has 1 N–H and O–H groups in total. The van der Waals surface area contributed by atoms with Gasteiger partial charge in [0, 0.05) is 50.4 Å². The molecular formula is C21H22F3N3O3. The number of rotatable bonds is 6. The predicted molar refractivity (Wildman–Crippen MR) is 104 cm³/mol. The Bertz CT molecular complexity index is 890. The van der Waals surface area contributed by atoms with Crippen LogP contribution in [0.1, 0.15) is 20.7 Å². The molecule has 0 saturated carbocycles. The standard InChI is InChI=1S/C21H22F3N3O3/c1-30-16-4-2-14(3-5-16)20(28)25-6-7-26-8-10-27(11-9-26)21(29)15-12-17(22)19(24)18(23)13-15/h2-5,12-13H,6-11H2,1H3,(H,25,28). The highest BCUT2D eigenvalue weighted by molar-refractivity contribution is 5.94. The third-order valence-corrected chi connectivity index (χ3v) is 4.96. The van der Waals surface area contributed by atoms with E-state index in [1.807, 2.05) is 0 Å². The molecule has 2 amide bonds. The van der Waals surface area contributed by atoms with Gasteiger partial charge >= 0.3 is 0 Å². The van der Waals surface area contributed by atoms with Gasteiger partial charge in [0.15, 0.2) is 17.5 Å². The molecule has 1 aliphatic rings. The van der Waals surface area contributed by atoms with Gasteiger partial charge in [-0.25, -0.2) is 13.2 Å². The summed E-state index contributed by atoms with van der Waals surface area (Å²) in [5, 5.41) is 2.84. The Hall–Kier alpha value is -3.07. The van der Waals surface area contributed by atoms with E-state index >= 15 is 0 Å². The molecule has 30 heavy (non-hydrogen) atoms. The number of hydrogen-bond acceptors (Lipinski definition) is 4. The fourth-order valence-electron chi connectivity index (χ4n) is 3.21. The molecular weight excluding hydrogens is 399 g/mol. The van der Waals surface area contributed by atoms with Gasteiger partial charge in [0.05, 0.1) is 7.11 Å². The molecule has 2 aromatic rings. The van der Waals surface area contributed by atoms with Gasteiger partial charge < -0.3 is 15.0 Å². The lowest BCUT2D eigenvalue weighted by Crippen LogP contribution is -2.50. The summed E-state index contributed by atoms with van der Waals surface area (Å²) in [6.45, 7) is 2.88. The van der Waals surface area contributed by atoms with E-state index in [9.17, 15) is 22.8 Å². The van der Waals surface area contributed by atoms with Crippen molar-refractivity contribution in [1.82, 2.24) is 15.1 Å². The third kappa shape index (κ3) is 5.10. The lowest BCUT2D eigenvalue weighted by atomic mass is 10.1. The molecule has 0 radical (unpaired) electrons. The van der Waals surface area contributed by atoms with Gasteiger partial charge in [-0.15, -0.1) is 0 Å². The van der Waals surface area contributed by atoms with E-state index < -0.39 is 23.4 Å². The van der Waals surface area contributed by atoms with Gasteiger partial charge in [-0.2, -0.15) is 0 Å². The van der Waals surface area contributed by atoms with E-state index in [0.717, 1.165) is 0 Å². The molecule has 2 aromatic carbocycles. The molecule has 160 valence electrons. The summed E-state index contributed by atoms with van der Waals surface area (Å²) in [7, 11) is 1.55. The van der Waals surface area contributed by atoms with Crippen LogP contribution in [0, 0.1) is 17.5 Å². The zero-order valence-electron chi connectivity index (χ0n) is 16.5. The summed E-state index contributed by atoms with van der Waals surface area (Å²) >= 11 is 0. The molecule has 1 saturated heterocycles. The van der Waals surface area contributed by atoms with Gasteiger partial charge in [-0.3, -0.25) is 14.5 Å². The van der Waals surface area contributed by atoms with Crippen LogP contribution in [0.25, 0.3) is 0 Å². The smallest absolute Gasteiger partial charge is 0.254 e. The van der Waals surface area contributed by atoms with Crippen LogP contribution in [0.2, 0.25) is 0 Å². The number of nitrogens with zero attached hydrogens (tertiary/aromatic N) is 2. The van der Waals surface area contributed by atoms with Crippen LogP contribution in [0.5, 0.6) is 5.75 Å². The van der Waals surface area contributed by atoms with Gasteiger partial charge in [0.25, 0.3) is 11.8 Å². The van der Waals surface area contributed by atoms with Crippen LogP contribution in [-0.4, -0.2) is 68.0 Å². The van der Waals surface area contributed by atoms with Crippen molar-refractivity contribution in [3.63, 3.8) is 0 Å². The number of benzene rings is 2. The number of methoxy groups -OCH3 is 1. The van der Waals surface area contributed by atoms with Gasteiger partial charge in [-0.1, -0.05) is 0 Å². The lowest BCUT2D eigenvalue weighted by Gasteiger charge is -2.34. The van der Waals surface area contributed by atoms with E-state index in [-0.39, 0.29) is 11.5 Å². The van der Waals surface area contributed by atoms with Crippen LogP contribution < -0.4 is 10.1 Å². The summed E-state index contributed by atoms with van der Waals surface area (Å²) in [5.74, 6) is -4.42. The van der Waals surface area contributed by atoms with Crippen molar-refractivity contribution in [3.05, 3.63) is 65.0 Å². The first kappa shape index (κ1) is 21.6. The summed E-state index contributed by atoms with van der Waals surface area (Å²) in [6, 6.07) is 8.21. The minimum absolute atomic E-state index is 0.188. The molecule has 1 fully saturated rings. The maximum Gasteiger partial charge on any atom is 0.254 e. The quantitative estimate of drug-likeness (QED) is 0.728. The second-order valence-electron chi connectivity index (χ2n) is 6.87. The van der Waals surface area contributed by atoms with Crippen molar-refractivity contribution in [2.75, 3.05) is 46.4 Å². The van der Waals surface area contributed by atoms with E-state index in [1.165, 1.54) is 4.90 Å². The van der Waals surface area contributed by atoms with Crippen LogP contribution in [-0.2, 0) is 0 Å². The molecule has 0 atom stereocenters.